The van der Waals surface area contributed by atoms with Gasteiger partial charge >= 0.3 is 0 Å². The van der Waals surface area contributed by atoms with Crippen LogP contribution in [0.3, 0.4) is 0 Å². The number of fused-ring (bicyclic) bond motifs is 1. The third kappa shape index (κ3) is 4.45. The summed E-state index contributed by atoms with van der Waals surface area (Å²) in [5, 5.41) is 1.33. The fraction of sp³-hybridized carbons (Fsp3) is 0.240. The zero-order valence-electron chi connectivity index (χ0n) is 19.2. The van der Waals surface area contributed by atoms with Crippen molar-refractivity contribution in [2.45, 2.75) is 26.8 Å². The van der Waals surface area contributed by atoms with Gasteiger partial charge in [0.1, 0.15) is 11.3 Å². The molecule has 0 bridgehead atoms. The molecular formula is C25H27Cl3N4O. The number of hydrogen-bond acceptors (Lipinski definition) is 4. The number of rotatable bonds is 5. The van der Waals surface area contributed by atoms with E-state index in [-0.39, 0.29) is 18.4 Å². The molecule has 4 aromatic rings. The highest BCUT2D eigenvalue weighted by Crippen LogP contribution is 2.43. The van der Waals surface area contributed by atoms with Gasteiger partial charge in [-0.2, -0.15) is 0 Å². The lowest BCUT2D eigenvalue weighted by Gasteiger charge is -2.30. The second-order valence-electron chi connectivity index (χ2n) is 8.10. The number of nitrogens with two attached hydrogens (primary N) is 1. The molecule has 4 rings (SSSR count). The number of nitrogen functional groups attached to an aromatic ring is 1. The second kappa shape index (κ2) is 9.72. The molecule has 0 saturated carbocycles. The van der Waals surface area contributed by atoms with Crippen LogP contribution in [-0.2, 0) is 7.05 Å². The standard InChI is InChI=1S/C25H26Cl2N4O.ClH/c1-14(2)31(18-8-6-16(26)7-9-18)20-11-10-19(23-24(20)30(4)25(28)29-23)22-15(3)12-17(27)13-21(22)32-5;/h6-14H,1-5H3,(H2,28,29);1H. The summed E-state index contributed by atoms with van der Waals surface area (Å²) in [5.74, 6) is 1.14. The van der Waals surface area contributed by atoms with Crippen LogP contribution in [-0.4, -0.2) is 22.7 Å². The van der Waals surface area contributed by atoms with Gasteiger partial charge < -0.3 is 19.9 Å². The Kier molecular flexibility index (Phi) is 7.37. The molecule has 174 valence electrons. The van der Waals surface area contributed by atoms with Crippen molar-refractivity contribution < 1.29 is 4.74 Å². The van der Waals surface area contributed by atoms with Crippen molar-refractivity contribution >= 4 is 64.0 Å². The van der Waals surface area contributed by atoms with Crippen LogP contribution in [0.25, 0.3) is 22.2 Å². The van der Waals surface area contributed by atoms with Crippen LogP contribution in [0, 0.1) is 6.92 Å². The molecule has 5 nitrogen and oxygen atoms in total. The predicted octanol–water partition coefficient (Wildman–Crippen LogP) is 7.41. The maximum absolute atomic E-state index is 6.30. The molecule has 0 fully saturated rings. The van der Waals surface area contributed by atoms with Crippen molar-refractivity contribution in [3.63, 3.8) is 0 Å². The van der Waals surface area contributed by atoms with Gasteiger partial charge in [-0.1, -0.05) is 23.2 Å². The zero-order valence-corrected chi connectivity index (χ0v) is 21.5. The summed E-state index contributed by atoms with van der Waals surface area (Å²) in [7, 11) is 3.58. The van der Waals surface area contributed by atoms with Crippen LogP contribution in [0.15, 0.2) is 48.5 Å². The lowest BCUT2D eigenvalue weighted by atomic mass is 9.97. The van der Waals surface area contributed by atoms with E-state index in [1.54, 1.807) is 7.11 Å². The van der Waals surface area contributed by atoms with Crippen molar-refractivity contribution in [3.8, 4) is 16.9 Å². The Labute approximate surface area is 210 Å². The SMILES string of the molecule is COc1cc(Cl)cc(C)c1-c1ccc(N(c2ccc(Cl)cc2)C(C)C)c2c1nc(N)n2C.Cl. The number of ether oxygens (including phenoxy) is 1. The van der Waals surface area contributed by atoms with Crippen molar-refractivity contribution in [1.82, 2.24) is 9.55 Å². The third-order valence-electron chi connectivity index (χ3n) is 5.67. The van der Waals surface area contributed by atoms with Gasteiger partial charge in [0.05, 0.1) is 18.3 Å². The number of hydrogen-bond donors (Lipinski definition) is 1. The van der Waals surface area contributed by atoms with Crippen molar-refractivity contribution in [1.29, 1.82) is 0 Å². The lowest BCUT2D eigenvalue weighted by molar-refractivity contribution is 0.416. The number of nitrogens with zero attached hydrogens (tertiary/aromatic N) is 3. The molecule has 33 heavy (non-hydrogen) atoms. The quantitative estimate of drug-likeness (QED) is 0.307. The Hall–Kier alpha value is -2.60. The van der Waals surface area contributed by atoms with E-state index in [4.69, 9.17) is 38.7 Å². The average Bonchev–Trinajstić information content (AvgIpc) is 3.04. The Morgan fingerprint density at radius 3 is 2.30 bits per heavy atom. The molecule has 2 N–H and O–H groups in total. The van der Waals surface area contributed by atoms with E-state index in [0.29, 0.717) is 21.7 Å². The van der Waals surface area contributed by atoms with Gasteiger partial charge in [-0.3, -0.25) is 0 Å². The first kappa shape index (κ1) is 25.0. The van der Waals surface area contributed by atoms with Crippen molar-refractivity contribution in [2.75, 3.05) is 17.7 Å². The monoisotopic (exact) mass is 504 g/mol. The number of imidazole rings is 1. The third-order valence-corrected chi connectivity index (χ3v) is 6.14. The molecule has 0 aliphatic carbocycles. The van der Waals surface area contributed by atoms with Gasteiger partial charge in [0, 0.05) is 39.9 Å². The minimum absolute atomic E-state index is 0. The first-order chi connectivity index (χ1) is 15.2. The van der Waals surface area contributed by atoms with Gasteiger partial charge in [0.2, 0.25) is 5.95 Å². The predicted molar refractivity (Wildman–Crippen MR) is 143 cm³/mol. The van der Waals surface area contributed by atoms with Gasteiger partial charge in [-0.25, -0.2) is 4.98 Å². The van der Waals surface area contributed by atoms with Gasteiger partial charge in [-0.15, -0.1) is 12.4 Å². The molecule has 1 aromatic heterocycles. The number of halogens is 3. The van der Waals surface area contributed by atoms with E-state index >= 15 is 0 Å². The lowest BCUT2D eigenvalue weighted by Crippen LogP contribution is -2.26. The molecule has 0 amide bonds. The molecule has 1 heterocycles. The smallest absolute Gasteiger partial charge is 0.201 e. The molecule has 0 aliphatic rings. The summed E-state index contributed by atoms with van der Waals surface area (Å²) in [6, 6.07) is 16.0. The molecule has 3 aromatic carbocycles. The summed E-state index contributed by atoms with van der Waals surface area (Å²) in [5.41, 5.74) is 13.0. The van der Waals surface area contributed by atoms with Gasteiger partial charge in [0.25, 0.3) is 0 Å². The molecule has 0 radical (unpaired) electrons. The van der Waals surface area contributed by atoms with E-state index in [1.807, 2.05) is 54.9 Å². The highest BCUT2D eigenvalue weighted by atomic mass is 35.5. The molecule has 0 aliphatic heterocycles. The summed E-state index contributed by atoms with van der Waals surface area (Å²) in [4.78, 5) is 7.00. The zero-order chi connectivity index (χ0) is 23.2. The van der Waals surface area contributed by atoms with E-state index < -0.39 is 0 Å². The summed E-state index contributed by atoms with van der Waals surface area (Å²) in [6.45, 7) is 6.32. The first-order valence-corrected chi connectivity index (χ1v) is 11.1. The second-order valence-corrected chi connectivity index (χ2v) is 8.97. The minimum Gasteiger partial charge on any atom is -0.496 e. The first-order valence-electron chi connectivity index (χ1n) is 10.4. The van der Waals surface area contributed by atoms with Gasteiger partial charge in [-0.05, 0) is 74.9 Å². The minimum atomic E-state index is 0. The highest BCUT2D eigenvalue weighted by molar-refractivity contribution is 6.31. The number of aryl methyl sites for hydroxylation is 2. The highest BCUT2D eigenvalue weighted by Gasteiger charge is 2.23. The number of anilines is 3. The normalized spacial score (nSPS) is 11.0. The van der Waals surface area contributed by atoms with E-state index in [1.165, 1.54) is 0 Å². The van der Waals surface area contributed by atoms with Crippen LogP contribution >= 0.6 is 35.6 Å². The summed E-state index contributed by atoms with van der Waals surface area (Å²) in [6.07, 6.45) is 0. The summed E-state index contributed by atoms with van der Waals surface area (Å²) >= 11 is 12.4. The molecular weight excluding hydrogens is 479 g/mol. The Bertz CT molecular complexity index is 1300. The molecule has 0 atom stereocenters. The summed E-state index contributed by atoms with van der Waals surface area (Å²) < 4.78 is 7.60. The van der Waals surface area contributed by atoms with Crippen LogP contribution in [0.1, 0.15) is 19.4 Å². The number of benzene rings is 3. The Morgan fingerprint density at radius 1 is 1.03 bits per heavy atom. The largest absolute Gasteiger partial charge is 0.496 e. The number of aromatic nitrogens is 2. The average molecular weight is 506 g/mol. The van der Waals surface area contributed by atoms with E-state index in [9.17, 15) is 0 Å². The fourth-order valence-corrected chi connectivity index (χ4v) is 4.64. The van der Waals surface area contributed by atoms with E-state index in [2.05, 4.69) is 30.9 Å². The van der Waals surface area contributed by atoms with E-state index in [0.717, 1.165) is 39.1 Å². The molecule has 0 spiro atoms. The van der Waals surface area contributed by atoms with Crippen LogP contribution < -0.4 is 15.4 Å². The van der Waals surface area contributed by atoms with Gasteiger partial charge in [0.15, 0.2) is 0 Å². The maximum atomic E-state index is 6.30. The van der Waals surface area contributed by atoms with Crippen molar-refractivity contribution in [2.24, 2.45) is 7.05 Å². The van der Waals surface area contributed by atoms with Crippen LogP contribution in [0.5, 0.6) is 5.75 Å². The van der Waals surface area contributed by atoms with Crippen LogP contribution in [0.2, 0.25) is 10.0 Å². The fourth-order valence-electron chi connectivity index (χ4n) is 4.25. The molecule has 0 unspecified atom stereocenters. The molecule has 0 saturated heterocycles. The Morgan fingerprint density at radius 2 is 1.70 bits per heavy atom. The molecule has 8 heteroatoms. The van der Waals surface area contributed by atoms with Crippen LogP contribution in [0.4, 0.5) is 17.3 Å². The topological polar surface area (TPSA) is 56.3 Å². The maximum Gasteiger partial charge on any atom is 0.201 e. The number of methoxy groups -OCH3 is 1. The Balaban J connectivity index is 0.00000306. The van der Waals surface area contributed by atoms with Crippen molar-refractivity contribution in [3.05, 3.63) is 64.1 Å².